The molecule has 4 heteroatoms. The number of hydrogen-bond donors (Lipinski definition) is 0. The van der Waals surface area contributed by atoms with Crippen molar-refractivity contribution in [2.75, 3.05) is 14.2 Å². The number of benzene rings is 2. The molecule has 0 aliphatic rings. The predicted octanol–water partition coefficient (Wildman–Crippen LogP) is 2.64. The van der Waals surface area contributed by atoms with Crippen molar-refractivity contribution in [1.82, 2.24) is 0 Å². The van der Waals surface area contributed by atoms with Gasteiger partial charge < -0.3 is 9.47 Å². The van der Waals surface area contributed by atoms with E-state index in [1.807, 2.05) is 6.07 Å². The number of carbonyl (C=O) groups is 2. The van der Waals surface area contributed by atoms with Crippen molar-refractivity contribution in [2.45, 2.75) is 6.42 Å². The normalized spacial score (nSPS) is 10.0. The lowest BCUT2D eigenvalue weighted by Gasteiger charge is -2.10. The number of ether oxygens (including phenoxy) is 2. The molecule has 0 spiro atoms. The molecule has 2 rings (SSSR count). The molecular formula is C17H16O4. The van der Waals surface area contributed by atoms with Crippen LogP contribution < -0.4 is 4.74 Å². The molecule has 0 bridgehead atoms. The Hall–Kier alpha value is -2.62. The summed E-state index contributed by atoms with van der Waals surface area (Å²) >= 11 is 0. The summed E-state index contributed by atoms with van der Waals surface area (Å²) in [6.07, 6.45) is 0.0294. The van der Waals surface area contributed by atoms with Gasteiger partial charge in [-0.1, -0.05) is 30.3 Å². The summed E-state index contributed by atoms with van der Waals surface area (Å²) in [5.41, 5.74) is 1.65. The minimum Gasteiger partial charge on any atom is -0.497 e. The molecule has 0 atom stereocenters. The first kappa shape index (κ1) is 14.8. The van der Waals surface area contributed by atoms with Crippen molar-refractivity contribution in [3.63, 3.8) is 0 Å². The van der Waals surface area contributed by atoms with Crippen LogP contribution in [0, 0.1) is 0 Å². The van der Waals surface area contributed by atoms with Crippen molar-refractivity contribution in [2.24, 2.45) is 0 Å². The van der Waals surface area contributed by atoms with Crippen molar-refractivity contribution >= 4 is 11.8 Å². The first-order valence-corrected chi connectivity index (χ1v) is 6.49. The number of hydrogen-bond acceptors (Lipinski definition) is 4. The summed E-state index contributed by atoms with van der Waals surface area (Å²) in [5.74, 6) is 0.0704. The van der Waals surface area contributed by atoms with Crippen molar-refractivity contribution in [1.29, 1.82) is 0 Å². The van der Waals surface area contributed by atoms with Gasteiger partial charge in [-0.2, -0.15) is 0 Å². The van der Waals surface area contributed by atoms with Gasteiger partial charge in [-0.15, -0.1) is 0 Å². The summed E-state index contributed by atoms with van der Waals surface area (Å²) in [5, 5.41) is 0. The SMILES string of the molecule is COC(=O)Cc1cc(OC)ccc1C(=O)c1ccccc1. The Morgan fingerprint density at radius 1 is 1.00 bits per heavy atom. The molecule has 108 valence electrons. The van der Waals surface area contributed by atoms with Crippen molar-refractivity contribution < 1.29 is 19.1 Å². The van der Waals surface area contributed by atoms with Crippen LogP contribution in [0.5, 0.6) is 5.75 Å². The molecule has 0 aromatic heterocycles. The fourth-order valence-electron chi connectivity index (χ4n) is 2.04. The zero-order valence-corrected chi connectivity index (χ0v) is 12.0. The second-order valence-electron chi connectivity index (χ2n) is 4.47. The van der Waals surface area contributed by atoms with Crippen LogP contribution in [0.25, 0.3) is 0 Å². The third-order valence-electron chi connectivity index (χ3n) is 3.16. The predicted molar refractivity (Wildman–Crippen MR) is 78.6 cm³/mol. The summed E-state index contributed by atoms with van der Waals surface area (Å²) in [6, 6.07) is 14.0. The van der Waals surface area contributed by atoms with E-state index in [1.165, 1.54) is 14.2 Å². The molecule has 0 heterocycles. The Labute approximate surface area is 123 Å². The maximum atomic E-state index is 12.5. The lowest BCUT2D eigenvalue weighted by Crippen LogP contribution is -2.11. The van der Waals surface area contributed by atoms with Gasteiger partial charge >= 0.3 is 5.97 Å². The van der Waals surface area contributed by atoms with Crippen molar-refractivity contribution in [3.05, 3.63) is 65.2 Å². The maximum absolute atomic E-state index is 12.5. The average Bonchev–Trinajstić information content (AvgIpc) is 2.54. The molecule has 0 aliphatic heterocycles. The lowest BCUT2D eigenvalue weighted by molar-refractivity contribution is -0.139. The van der Waals surface area contributed by atoms with Crippen LogP contribution >= 0.6 is 0 Å². The standard InChI is InChI=1S/C17H16O4/c1-20-14-8-9-15(13(10-14)11-16(18)21-2)17(19)12-6-4-3-5-7-12/h3-10H,11H2,1-2H3. The summed E-state index contributed by atoms with van der Waals surface area (Å²) in [6.45, 7) is 0. The summed E-state index contributed by atoms with van der Waals surface area (Å²) in [7, 11) is 2.86. The van der Waals surface area contributed by atoms with E-state index in [0.29, 0.717) is 22.4 Å². The van der Waals surface area contributed by atoms with Gasteiger partial charge in [-0.25, -0.2) is 0 Å². The number of methoxy groups -OCH3 is 2. The highest BCUT2D eigenvalue weighted by molar-refractivity contribution is 6.10. The largest absolute Gasteiger partial charge is 0.497 e. The van der Waals surface area contributed by atoms with Gasteiger partial charge in [-0.3, -0.25) is 9.59 Å². The van der Waals surface area contributed by atoms with E-state index in [9.17, 15) is 9.59 Å². The van der Waals surface area contributed by atoms with Gasteiger partial charge in [0.1, 0.15) is 5.75 Å². The van der Waals surface area contributed by atoms with Crippen LogP contribution in [0.2, 0.25) is 0 Å². The first-order valence-electron chi connectivity index (χ1n) is 6.49. The van der Waals surface area contributed by atoms with Crippen LogP contribution in [0.4, 0.5) is 0 Å². The van der Waals surface area contributed by atoms with Gasteiger partial charge in [0.05, 0.1) is 20.6 Å². The monoisotopic (exact) mass is 284 g/mol. The smallest absolute Gasteiger partial charge is 0.310 e. The first-order chi connectivity index (χ1) is 10.2. The second-order valence-corrected chi connectivity index (χ2v) is 4.47. The molecule has 0 amide bonds. The third kappa shape index (κ3) is 3.48. The molecule has 0 N–H and O–H groups in total. The molecule has 0 saturated heterocycles. The number of ketones is 1. The molecule has 0 radical (unpaired) electrons. The molecular weight excluding hydrogens is 268 g/mol. The van der Waals surface area contributed by atoms with E-state index >= 15 is 0 Å². The fourth-order valence-corrected chi connectivity index (χ4v) is 2.04. The molecule has 0 unspecified atom stereocenters. The van der Waals surface area contributed by atoms with E-state index < -0.39 is 5.97 Å². The topological polar surface area (TPSA) is 52.6 Å². The van der Waals surface area contributed by atoms with Gasteiger partial charge in [0.2, 0.25) is 0 Å². The molecule has 2 aromatic rings. The molecule has 0 aliphatic carbocycles. The van der Waals surface area contributed by atoms with E-state index in [0.717, 1.165) is 0 Å². The highest BCUT2D eigenvalue weighted by atomic mass is 16.5. The minimum absolute atomic E-state index is 0.0294. The third-order valence-corrected chi connectivity index (χ3v) is 3.16. The Balaban J connectivity index is 2.42. The minimum atomic E-state index is -0.398. The second kappa shape index (κ2) is 6.70. The quantitative estimate of drug-likeness (QED) is 0.625. The average molecular weight is 284 g/mol. The van der Waals surface area contributed by atoms with Gasteiger partial charge in [-0.05, 0) is 23.8 Å². The van der Waals surface area contributed by atoms with Crippen LogP contribution in [-0.2, 0) is 16.0 Å². The molecule has 0 fully saturated rings. The molecule has 21 heavy (non-hydrogen) atoms. The van der Waals surface area contributed by atoms with Gasteiger partial charge in [0.25, 0.3) is 0 Å². The van der Waals surface area contributed by atoms with E-state index in [-0.39, 0.29) is 12.2 Å². The van der Waals surface area contributed by atoms with Crippen LogP contribution in [0.1, 0.15) is 21.5 Å². The van der Waals surface area contributed by atoms with Crippen LogP contribution in [0.3, 0.4) is 0 Å². The number of rotatable bonds is 5. The zero-order chi connectivity index (χ0) is 15.2. The van der Waals surface area contributed by atoms with E-state index in [4.69, 9.17) is 4.74 Å². The van der Waals surface area contributed by atoms with Crippen molar-refractivity contribution in [3.8, 4) is 5.75 Å². The Bertz CT molecular complexity index is 647. The number of carbonyl (C=O) groups excluding carboxylic acids is 2. The highest BCUT2D eigenvalue weighted by Crippen LogP contribution is 2.21. The van der Waals surface area contributed by atoms with E-state index in [1.54, 1.807) is 42.5 Å². The highest BCUT2D eigenvalue weighted by Gasteiger charge is 2.16. The van der Waals surface area contributed by atoms with Crippen LogP contribution in [0.15, 0.2) is 48.5 Å². The van der Waals surface area contributed by atoms with Gasteiger partial charge in [0, 0.05) is 11.1 Å². The van der Waals surface area contributed by atoms with E-state index in [2.05, 4.69) is 4.74 Å². The van der Waals surface area contributed by atoms with Gasteiger partial charge in [0.15, 0.2) is 5.78 Å². The maximum Gasteiger partial charge on any atom is 0.310 e. The summed E-state index contributed by atoms with van der Waals surface area (Å²) < 4.78 is 9.82. The fraction of sp³-hybridized carbons (Fsp3) is 0.176. The number of esters is 1. The molecule has 4 nitrogen and oxygen atoms in total. The zero-order valence-electron chi connectivity index (χ0n) is 12.0. The van der Waals surface area contributed by atoms with Crippen LogP contribution in [-0.4, -0.2) is 26.0 Å². The molecule has 0 saturated carbocycles. The Morgan fingerprint density at radius 3 is 2.33 bits per heavy atom. The lowest BCUT2D eigenvalue weighted by atomic mass is 9.96. The summed E-state index contributed by atoms with van der Waals surface area (Å²) in [4.78, 5) is 24.1. The molecule has 2 aromatic carbocycles. The Morgan fingerprint density at radius 2 is 1.71 bits per heavy atom. The Kier molecular flexibility index (Phi) is 4.72.